The molecule has 22 heteroatoms. The van der Waals surface area contributed by atoms with Crippen LogP contribution in [0.1, 0.15) is 29.2 Å². The zero-order chi connectivity index (χ0) is 31.3. The van der Waals surface area contributed by atoms with Crippen LogP contribution in [0.15, 0.2) is 37.2 Å². The van der Waals surface area contributed by atoms with Gasteiger partial charge in [0.1, 0.15) is 41.9 Å². The van der Waals surface area contributed by atoms with Crippen LogP contribution in [0.5, 0.6) is 0 Å². The molecule has 1 amide bonds. The van der Waals surface area contributed by atoms with Crippen LogP contribution < -0.4 is 16.0 Å². The number of aromatic nitrogens is 5. The lowest BCUT2D eigenvalue weighted by molar-refractivity contribution is -0.766. The average Bonchev–Trinajstić information content (AvgIpc) is 3.62. The van der Waals surface area contributed by atoms with Gasteiger partial charge < -0.3 is 55.5 Å². The van der Waals surface area contributed by atoms with Crippen LogP contribution in [0, 0.1) is 0 Å². The summed E-state index contributed by atoms with van der Waals surface area (Å²) in [5.74, 6) is -3.25. The molecule has 5 rings (SSSR count). The molecular weight excluding hydrogens is 620 g/mol. The fourth-order valence-electron chi connectivity index (χ4n) is 4.78. The van der Waals surface area contributed by atoms with E-state index in [-0.39, 0.29) is 23.3 Å². The molecule has 0 spiro atoms. The van der Waals surface area contributed by atoms with E-state index in [1.165, 1.54) is 35.6 Å². The van der Waals surface area contributed by atoms with E-state index in [9.17, 15) is 43.9 Å². The van der Waals surface area contributed by atoms with Crippen molar-refractivity contribution in [3.05, 3.63) is 42.7 Å². The van der Waals surface area contributed by atoms with Gasteiger partial charge in [0.2, 0.25) is 0 Å². The molecule has 2 fully saturated rings. The number of nitrogens with zero attached hydrogens (tertiary/aromatic N) is 5. The molecule has 9 atom stereocenters. The summed E-state index contributed by atoms with van der Waals surface area (Å²) in [6.07, 6.45) is -5.69. The Labute approximate surface area is 241 Å². The van der Waals surface area contributed by atoms with E-state index in [0.29, 0.717) is 5.65 Å². The molecule has 0 bridgehead atoms. The first-order valence-corrected chi connectivity index (χ1v) is 15.6. The molecule has 2 aliphatic heterocycles. The number of phosphoric ester groups is 1. The molecule has 43 heavy (non-hydrogen) atoms. The minimum Gasteiger partial charge on any atom is -0.390 e. The number of hydrogen-bond donors (Lipinski definition) is 8. The molecule has 0 radical (unpaired) electrons. The zero-order valence-corrected chi connectivity index (χ0v) is 23.6. The normalized spacial score (nSPS) is 30.0. The number of aliphatic hydroxyl groups excluding tert-OH is 3. The molecule has 5 heterocycles. The number of anilines is 1. The molecular formula is C21H28N7O13P2+. The monoisotopic (exact) mass is 648 g/mol. The predicted molar refractivity (Wildman–Crippen MR) is 138 cm³/mol. The summed E-state index contributed by atoms with van der Waals surface area (Å²) < 4.78 is 48.6. The maximum Gasteiger partial charge on any atom is 0.470 e. The number of nitrogen functional groups attached to an aromatic ring is 1. The van der Waals surface area contributed by atoms with Crippen molar-refractivity contribution in [2.45, 2.75) is 55.2 Å². The lowest BCUT2D eigenvalue weighted by atomic mass is 10.1. The SMILES string of the molecule is NC(=O)c1ccc[n+]([C@@H]2O[C@@H](C(OP(=O)(O)O)P(=O)(O)OC[C@H]3O[C@@H](n4cnc5c(N)ncnc54)C[C@@H]3O)[C@@H](O)[C@H]2O)c1. The van der Waals surface area contributed by atoms with Gasteiger partial charge in [-0.15, -0.1) is 0 Å². The number of hydrogen-bond acceptors (Lipinski definition) is 14. The van der Waals surface area contributed by atoms with Crippen LogP contribution in [0.3, 0.4) is 0 Å². The Kier molecular flexibility index (Phi) is 8.67. The number of carbonyl (C=O) groups excluding carboxylic acids is 1. The first-order valence-electron chi connectivity index (χ1n) is 12.5. The topological polar surface area (TPSA) is 309 Å². The van der Waals surface area contributed by atoms with Crippen molar-refractivity contribution in [3.8, 4) is 0 Å². The Bertz CT molecular complexity index is 1600. The summed E-state index contributed by atoms with van der Waals surface area (Å²) in [5, 5.41) is 31.9. The Hall–Kier alpha value is -2.97. The van der Waals surface area contributed by atoms with Gasteiger partial charge in [-0.25, -0.2) is 19.5 Å². The van der Waals surface area contributed by atoms with E-state index in [1.54, 1.807) is 0 Å². The first-order chi connectivity index (χ1) is 20.2. The van der Waals surface area contributed by atoms with Crippen molar-refractivity contribution >= 4 is 38.3 Å². The van der Waals surface area contributed by atoms with E-state index in [1.807, 2.05) is 0 Å². The minimum atomic E-state index is -5.53. The summed E-state index contributed by atoms with van der Waals surface area (Å²) in [4.78, 5) is 53.3. The number of pyridine rings is 1. The van der Waals surface area contributed by atoms with Crippen molar-refractivity contribution in [1.29, 1.82) is 0 Å². The molecule has 2 saturated heterocycles. The van der Waals surface area contributed by atoms with Gasteiger partial charge in [0, 0.05) is 12.5 Å². The Morgan fingerprint density at radius 1 is 1.16 bits per heavy atom. The molecule has 10 N–H and O–H groups in total. The number of ether oxygens (including phenoxy) is 2. The van der Waals surface area contributed by atoms with Crippen LogP contribution in [0.25, 0.3) is 11.2 Å². The zero-order valence-electron chi connectivity index (χ0n) is 21.8. The number of amides is 1. The van der Waals surface area contributed by atoms with Gasteiger partial charge in [-0.05, 0) is 6.07 Å². The van der Waals surface area contributed by atoms with E-state index in [2.05, 4.69) is 19.5 Å². The Balaban J connectivity index is 1.33. The first kappa shape index (κ1) is 31.5. The number of rotatable bonds is 10. The second-order valence-electron chi connectivity index (χ2n) is 9.74. The number of fused-ring (bicyclic) bond motifs is 1. The highest BCUT2D eigenvalue weighted by molar-refractivity contribution is 7.54. The lowest BCUT2D eigenvalue weighted by Crippen LogP contribution is -2.46. The molecule has 2 aliphatic rings. The standard InChI is InChI=1S/C21H27N7O13P2/c22-17-13-19(25-7-24-17)28(8-26-13)12-4-10(29)11(39-12)6-38-42(33,34)21(41-43(35,36)37)16-14(30)15(31)20(40-16)27-3-1-2-9(5-27)18(23)32/h1-3,5,7-8,10-12,14-16,20-21,29-31H,4,6H2,(H6-,22,23,24,25,32,33,34,35,36,37)/p+1/t10-,11+,12+,14-,15+,16+,20+,21?/m0/s1. The molecule has 3 aromatic heterocycles. The third-order valence-corrected chi connectivity index (χ3v) is 9.08. The highest BCUT2D eigenvalue weighted by Crippen LogP contribution is 2.57. The summed E-state index contributed by atoms with van der Waals surface area (Å²) in [7, 11) is -10.8. The van der Waals surface area contributed by atoms with Gasteiger partial charge in [-0.1, -0.05) is 0 Å². The predicted octanol–water partition coefficient (Wildman–Crippen LogP) is -2.60. The minimum absolute atomic E-state index is 0.0107. The Morgan fingerprint density at radius 2 is 1.91 bits per heavy atom. The molecule has 0 aromatic carbocycles. The second-order valence-corrected chi connectivity index (χ2v) is 12.8. The number of carbonyl (C=O) groups is 1. The van der Waals surface area contributed by atoms with E-state index >= 15 is 0 Å². The number of aliphatic hydroxyl groups is 3. The van der Waals surface area contributed by atoms with Crippen LogP contribution in [-0.4, -0.2) is 98.4 Å². The van der Waals surface area contributed by atoms with Crippen LogP contribution >= 0.6 is 15.4 Å². The van der Waals surface area contributed by atoms with Gasteiger partial charge in [0.25, 0.3) is 12.1 Å². The third kappa shape index (κ3) is 6.46. The summed E-state index contributed by atoms with van der Waals surface area (Å²) in [5.41, 5.74) is 11.6. The van der Waals surface area contributed by atoms with E-state index in [4.69, 9.17) is 25.5 Å². The molecule has 3 aromatic rings. The van der Waals surface area contributed by atoms with Gasteiger partial charge in [0.15, 0.2) is 35.8 Å². The van der Waals surface area contributed by atoms with E-state index < -0.39 is 76.8 Å². The molecule has 234 valence electrons. The van der Waals surface area contributed by atoms with Crippen LogP contribution in [-0.2, 0) is 27.7 Å². The van der Waals surface area contributed by atoms with Crippen molar-refractivity contribution in [2.75, 3.05) is 12.3 Å². The van der Waals surface area contributed by atoms with Gasteiger partial charge >= 0.3 is 15.4 Å². The van der Waals surface area contributed by atoms with Crippen molar-refractivity contribution in [3.63, 3.8) is 0 Å². The maximum atomic E-state index is 13.3. The fraction of sp³-hybridized carbons (Fsp3) is 0.476. The highest BCUT2D eigenvalue weighted by atomic mass is 31.2. The number of imidazole rings is 1. The average molecular weight is 648 g/mol. The molecule has 0 saturated carbocycles. The molecule has 2 unspecified atom stereocenters. The highest BCUT2D eigenvalue weighted by Gasteiger charge is 2.58. The lowest BCUT2D eigenvalue weighted by Gasteiger charge is -2.29. The number of primary amides is 1. The van der Waals surface area contributed by atoms with Gasteiger partial charge in [-0.3, -0.25) is 18.5 Å². The van der Waals surface area contributed by atoms with E-state index in [0.717, 1.165) is 10.8 Å². The van der Waals surface area contributed by atoms with Gasteiger partial charge in [0.05, 0.1) is 19.0 Å². The molecule has 0 aliphatic carbocycles. The fourth-order valence-corrected chi connectivity index (χ4v) is 7.15. The summed E-state index contributed by atoms with van der Waals surface area (Å²) in [6, 6.07) is 2.72. The number of nitrogens with two attached hydrogens (primary N) is 2. The second kappa shape index (κ2) is 11.8. The quantitative estimate of drug-likeness (QED) is 0.0825. The number of phosphoric acid groups is 1. The molecule has 20 nitrogen and oxygen atoms in total. The summed E-state index contributed by atoms with van der Waals surface area (Å²) in [6.45, 7) is -0.777. The van der Waals surface area contributed by atoms with Gasteiger partial charge in [-0.2, -0.15) is 4.57 Å². The third-order valence-electron chi connectivity index (χ3n) is 6.85. The largest absolute Gasteiger partial charge is 0.470 e. The van der Waals surface area contributed by atoms with Crippen molar-refractivity contribution in [1.82, 2.24) is 19.5 Å². The van der Waals surface area contributed by atoms with Crippen molar-refractivity contribution < 1.29 is 67.0 Å². The Morgan fingerprint density at radius 3 is 2.60 bits per heavy atom. The van der Waals surface area contributed by atoms with Crippen LogP contribution in [0.4, 0.5) is 5.82 Å². The van der Waals surface area contributed by atoms with Crippen LogP contribution in [0.2, 0.25) is 0 Å². The van der Waals surface area contributed by atoms with Crippen molar-refractivity contribution in [2.24, 2.45) is 5.73 Å². The smallest absolute Gasteiger partial charge is 0.390 e. The summed E-state index contributed by atoms with van der Waals surface area (Å²) >= 11 is 0. The maximum absolute atomic E-state index is 13.3.